The quantitative estimate of drug-likeness (QED) is 0.723. The van der Waals surface area contributed by atoms with Gasteiger partial charge in [0.15, 0.2) is 0 Å². The van der Waals surface area contributed by atoms with Crippen molar-refractivity contribution in [1.82, 2.24) is 5.32 Å². The van der Waals surface area contributed by atoms with Gasteiger partial charge in [0, 0.05) is 13.0 Å². The number of rotatable bonds is 4. The van der Waals surface area contributed by atoms with Crippen LogP contribution in [0.1, 0.15) is 18.9 Å². The number of amides is 1. The molecule has 0 aliphatic carbocycles. The third-order valence-electron chi connectivity index (χ3n) is 1.87. The summed E-state index contributed by atoms with van der Waals surface area (Å²) in [5.74, 6) is 0.0620. The van der Waals surface area contributed by atoms with Crippen LogP contribution in [0.15, 0.2) is 42.5 Å². The number of hydrogen-bond donors (Lipinski definition) is 1. The second-order valence-corrected chi connectivity index (χ2v) is 3.04. The Balaban J connectivity index is 2.31. The second-order valence-electron chi connectivity index (χ2n) is 3.04. The molecule has 1 rings (SSSR count). The Kier molecular flexibility index (Phi) is 4.48. The SMILES string of the molecule is CC=CCC(=O)NCc1ccccc1. The zero-order valence-corrected chi connectivity index (χ0v) is 8.36. The average Bonchev–Trinajstić information content (AvgIpc) is 2.25. The molecule has 0 aliphatic rings. The Morgan fingerprint density at radius 1 is 1.36 bits per heavy atom. The molecule has 0 aliphatic heterocycles. The van der Waals surface area contributed by atoms with Crippen molar-refractivity contribution in [3.63, 3.8) is 0 Å². The van der Waals surface area contributed by atoms with Gasteiger partial charge in [0.25, 0.3) is 0 Å². The van der Waals surface area contributed by atoms with Crippen LogP contribution in [-0.2, 0) is 11.3 Å². The molecule has 2 heteroatoms. The maximum absolute atomic E-state index is 11.2. The van der Waals surface area contributed by atoms with Crippen LogP contribution in [0.25, 0.3) is 0 Å². The van der Waals surface area contributed by atoms with Crippen LogP contribution >= 0.6 is 0 Å². The Morgan fingerprint density at radius 3 is 2.71 bits per heavy atom. The van der Waals surface area contributed by atoms with Gasteiger partial charge in [-0.1, -0.05) is 42.5 Å². The molecular weight excluding hydrogens is 174 g/mol. The van der Waals surface area contributed by atoms with Gasteiger partial charge in [-0.25, -0.2) is 0 Å². The van der Waals surface area contributed by atoms with E-state index in [9.17, 15) is 4.79 Å². The molecule has 0 aromatic heterocycles. The molecule has 2 nitrogen and oxygen atoms in total. The molecule has 0 bridgehead atoms. The molecule has 1 N–H and O–H groups in total. The van der Waals surface area contributed by atoms with Gasteiger partial charge in [-0.2, -0.15) is 0 Å². The average molecular weight is 189 g/mol. The number of benzene rings is 1. The van der Waals surface area contributed by atoms with Crippen LogP contribution in [-0.4, -0.2) is 5.91 Å². The third-order valence-corrected chi connectivity index (χ3v) is 1.87. The summed E-state index contributed by atoms with van der Waals surface area (Å²) in [7, 11) is 0. The van der Waals surface area contributed by atoms with Gasteiger partial charge >= 0.3 is 0 Å². The smallest absolute Gasteiger partial charge is 0.224 e. The van der Waals surface area contributed by atoms with Crippen molar-refractivity contribution in [3.05, 3.63) is 48.0 Å². The van der Waals surface area contributed by atoms with Crippen LogP contribution in [0.2, 0.25) is 0 Å². The molecule has 0 atom stereocenters. The first-order valence-corrected chi connectivity index (χ1v) is 4.74. The lowest BCUT2D eigenvalue weighted by molar-refractivity contribution is -0.120. The summed E-state index contributed by atoms with van der Waals surface area (Å²) >= 11 is 0. The minimum Gasteiger partial charge on any atom is -0.352 e. The maximum Gasteiger partial charge on any atom is 0.224 e. The lowest BCUT2D eigenvalue weighted by atomic mass is 10.2. The van der Waals surface area contributed by atoms with E-state index < -0.39 is 0 Å². The number of nitrogens with one attached hydrogen (secondary N) is 1. The Labute approximate surface area is 84.6 Å². The lowest BCUT2D eigenvalue weighted by Gasteiger charge is -2.02. The lowest BCUT2D eigenvalue weighted by Crippen LogP contribution is -2.21. The van der Waals surface area contributed by atoms with Crippen LogP contribution in [0.3, 0.4) is 0 Å². The molecule has 74 valence electrons. The standard InChI is InChI=1S/C12H15NO/c1-2-3-9-12(14)13-10-11-7-5-4-6-8-11/h2-8H,9-10H2,1H3,(H,13,14). The van der Waals surface area contributed by atoms with Crippen molar-refractivity contribution in [2.45, 2.75) is 19.9 Å². The molecular formula is C12H15NO. The first kappa shape index (κ1) is 10.5. The first-order valence-electron chi connectivity index (χ1n) is 4.74. The molecule has 0 unspecified atom stereocenters. The molecule has 1 amide bonds. The van der Waals surface area contributed by atoms with Gasteiger partial charge in [-0.15, -0.1) is 0 Å². The van der Waals surface area contributed by atoms with Crippen LogP contribution in [0.4, 0.5) is 0 Å². The molecule has 0 saturated carbocycles. The van der Waals surface area contributed by atoms with E-state index in [0.29, 0.717) is 13.0 Å². The van der Waals surface area contributed by atoms with Gasteiger partial charge in [-0.05, 0) is 12.5 Å². The summed E-state index contributed by atoms with van der Waals surface area (Å²) in [6.45, 7) is 2.52. The minimum absolute atomic E-state index is 0.0620. The van der Waals surface area contributed by atoms with Crippen LogP contribution < -0.4 is 5.32 Å². The van der Waals surface area contributed by atoms with E-state index in [1.807, 2.05) is 49.4 Å². The summed E-state index contributed by atoms with van der Waals surface area (Å²) in [5, 5.41) is 2.84. The monoisotopic (exact) mass is 189 g/mol. The predicted molar refractivity (Wildman–Crippen MR) is 57.7 cm³/mol. The predicted octanol–water partition coefficient (Wildman–Crippen LogP) is 2.27. The van der Waals surface area contributed by atoms with Crippen molar-refractivity contribution in [3.8, 4) is 0 Å². The molecule has 1 aromatic carbocycles. The van der Waals surface area contributed by atoms with E-state index in [2.05, 4.69) is 5.32 Å². The van der Waals surface area contributed by atoms with Crippen LogP contribution in [0, 0.1) is 0 Å². The Hall–Kier alpha value is -1.57. The second kappa shape index (κ2) is 5.97. The minimum atomic E-state index is 0.0620. The molecule has 0 spiro atoms. The normalized spacial score (nSPS) is 10.4. The fourth-order valence-corrected chi connectivity index (χ4v) is 1.09. The van der Waals surface area contributed by atoms with E-state index >= 15 is 0 Å². The highest BCUT2D eigenvalue weighted by Gasteiger charge is 1.96. The van der Waals surface area contributed by atoms with Gasteiger partial charge in [0.05, 0.1) is 0 Å². The Bertz CT molecular complexity index is 303. The number of carbonyl (C=O) groups is 1. The zero-order chi connectivity index (χ0) is 10.2. The maximum atomic E-state index is 11.2. The van der Waals surface area contributed by atoms with Crippen LogP contribution in [0.5, 0.6) is 0 Å². The summed E-state index contributed by atoms with van der Waals surface area (Å²) < 4.78 is 0. The van der Waals surface area contributed by atoms with Gasteiger partial charge in [0.1, 0.15) is 0 Å². The molecule has 0 fully saturated rings. The molecule has 14 heavy (non-hydrogen) atoms. The summed E-state index contributed by atoms with van der Waals surface area (Å²) in [5.41, 5.74) is 1.13. The zero-order valence-electron chi connectivity index (χ0n) is 8.36. The topological polar surface area (TPSA) is 29.1 Å². The van der Waals surface area contributed by atoms with E-state index in [1.165, 1.54) is 0 Å². The summed E-state index contributed by atoms with van der Waals surface area (Å²) in [4.78, 5) is 11.2. The van der Waals surface area contributed by atoms with E-state index in [0.717, 1.165) is 5.56 Å². The molecule has 1 aromatic rings. The van der Waals surface area contributed by atoms with Crippen molar-refractivity contribution in [2.24, 2.45) is 0 Å². The van der Waals surface area contributed by atoms with E-state index in [-0.39, 0.29) is 5.91 Å². The first-order chi connectivity index (χ1) is 6.83. The van der Waals surface area contributed by atoms with Crippen molar-refractivity contribution < 1.29 is 4.79 Å². The highest BCUT2D eigenvalue weighted by atomic mass is 16.1. The molecule has 0 radical (unpaired) electrons. The highest BCUT2D eigenvalue weighted by molar-refractivity contribution is 5.77. The fraction of sp³-hybridized carbons (Fsp3) is 0.250. The van der Waals surface area contributed by atoms with Crippen molar-refractivity contribution in [1.29, 1.82) is 0 Å². The highest BCUT2D eigenvalue weighted by Crippen LogP contribution is 1.97. The van der Waals surface area contributed by atoms with Crippen molar-refractivity contribution >= 4 is 5.91 Å². The number of carbonyl (C=O) groups excluding carboxylic acids is 1. The number of hydrogen-bond acceptors (Lipinski definition) is 1. The van der Waals surface area contributed by atoms with E-state index in [1.54, 1.807) is 0 Å². The summed E-state index contributed by atoms with van der Waals surface area (Å²) in [6.07, 6.45) is 4.19. The Morgan fingerprint density at radius 2 is 2.07 bits per heavy atom. The number of allylic oxidation sites excluding steroid dienone is 1. The third kappa shape index (κ3) is 3.90. The molecule has 0 heterocycles. The van der Waals surface area contributed by atoms with E-state index in [4.69, 9.17) is 0 Å². The van der Waals surface area contributed by atoms with Gasteiger partial charge in [-0.3, -0.25) is 4.79 Å². The largest absolute Gasteiger partial charge is 0.352 e. The fourth-order valence-electron chi connectivity index (χ4n) is 1.09. The summed E-state index contributed by atoms with van der Waals surface area (Å²) in [6, 6.07) is 9.89. The van der Waals surface area contributed by atoms with Gasteiger partial charge < -0.3 is 5.32 Å². The van der Waals surface area contributed by atoms with Gasteiger partial charge in [0.2, 0.25) is 5.91 Å². The van der Waals surface area contributed by atoms with Crippen molar-refractivity contribution in [2.75, 3.05) is 0 Å². The molecule has 0 saturated heterocycles.